The minimum absolute atomic E-state index is 0.368. The number of aromatic nitrogens is 1. The smallest absolute Gasteiger partial charge is 0.183 e. The number of nitrogens with one attached hydrogen (secondary N) is 1. The highest BCUT2D eigenvalue weighted by Gasteiger charge is 2.15. The molecule has 2 aromatic rings. The van der Waals surface area contributed by atoms with Gasteiger partial charge in [-0.1, -0.05) is 23.5 Å². The van der Waals surface area contributed by atoms with Gasteiger partial charge in [-0.15, -0.1) is 0 Å². The first-order chi connectivity index (χ1) is 7.92. The summed E-state index contributed by atoms with van der Waals surface area (Å²) < 4.78 is 6.80. The maximum atomic E-state index is 5.56. The number of anilines is 1. The molecule has 1 N–H and O–H groups in total. The van der Waals surface area contributed by atoms with Crippen LogP contribution < -0.4 is 5.32 Å². The summed E-state index contributed by atoms with van der Waals surface area (Å²) >= 11 is 1.70. The molecular formula is C12H14N2OS. The Labute approximate surface area is 98.5 Å². The summed E-state index contributed by atoms with van der Waals surface area (Å²) in [5.41, 5.74) is 1.07. The molecule has 1 aromatic heterocycles. The highest BCUT2D eigenvalue weighted by Crippen LogP contribution is 2.25. The summed E-state index contributed by atoms with van der Waals surface area (Å²) in [7, 11) is 0. The molecule has 3 rings (SSSR count). The van der Waals surface area contributed by atoms with Gasteiger partial charge in [0.25, 0.3) is 0 Å². The third kappa shape index (κ3) is 2.03. The second-order valence-electron chi connectivity index (χ2n) is 4.00. The lowest BCUT2D eigenvalue weighted by molar-refractivity contribution is 0.120. The van der Waals surface area contributed by atoms with E-state index in [1.807, 2.05) is 18.2 Å². The van der Waals surface area contributed by atoms with Crippen molar-refractivity contribution in [2.75, 3.05) is 18.5 Å². The SMILES string of the molecule is c1ccc2sc(NC[C@@H]3CCCO3)nc2c1. The van der Waals surface area contributed by atoms with Crippen molar-refractivity contribution in [1.29, 1.82) is 0 Å². The number of hydrogen-bond acceptors (Lipinski definition) is 4. The minimum Gasteiger partial charge on any atom is -0.376 e. The first-order valence-corrected chi connectivity index (χ1v) is 6.44. The predicted octanol–water partition coefficient (Wildman–Crippen LogP) is 2.89. The molecule has 1 fully saturated rings. The Morgan fingerprint density at radius 1 is 1.44 bits per heavy atom. The highest BCUT2D eigenvalue weighted by atomic mass is 32.1. The lowest BCUT2D eigenvalue weighted by Gasteiger charge is -2.08. The van der Waals surface area contributed by atoms with Gasteiger partial charge in [-0.25, -0.2) is 4.98 Å². The summed E-state index contributed by atoms with van der Waals surface area (Å²) in [6.45, 7) is 1.78. The van der Waals surface area contributed by atoms with E-state index in [-0.39, 0.29) is 0 Å². The van der Waals surface area contributed by atoms with E-state index in [4.69, 9.17) is 4.74 Å². The Morgan fingerprint density at radius 3 is 3.19 bits per heavy atom. The second kappa shape index (κ2) is 4.39. The van der Waals surface area contributed by atoms with E-state index in [1.54, 1.807) is 11.3 Å². The van der Waals surface area contributed by atoms with Crippen molar-refractivity contribution in [2.24, 2.45) is 0 Å². The summed E-state index contributed by atoms with van der Waals surface area (Å²) in [6.07, 6.45) is 2.72. The van der Waals surface area contributed by atoms with Crippen LogP contribution in [0.2, 0.25) is 0 Å². The second-order valence-corrected chi connectivity index (χ2v) is 5.03. The Hall–Kier alpha value is -1.13. The third-order valence-corrected chi connectivity index (χ3v) is 3.79. The molecule has 84 valence electrons. The fourth-order valence-electron chi connectivity index (χ4n) is 1.95. The number of benzene rings is 1. The molecule has 0 saturated carbocycles. The van der Waals surface area contributed by atoms with Gasteiger partial charge in [0.2, 0.25) is 0 Å². The quantitative estimate of drug-likeness (QED) is 0.886. The molecule has 16 heavy (non-hydrogen) atoms. The molecule has 0 unspecified atom stereocenters. The van der Waals surface area contributed by atoms with Crippen molar-refractivity contribution >= 4 is 26.7 Å². The number of nitrogens with zero attached hydrogens (tertiary/aromatic N) is 1. The monoisotopic (exact) mass is 234 g/mol. The zero-order valence-corrected chi connectivity index (χ0v) is 9.80. The summed E-state index contributed by atoms with van der Waals surface area (Å²) in [5.74, 6) is 0. The van der Waals surface area contributed by atoms with Crippen molar-refractivity contribution in [3.05, 3.63) is 24.3 Å². The van der Waals surface area contributed by atoms with Crippen LogP contribution in [0.15, 0.2) is 24.3 Å². The molecule has 0 radical (unpaired) electrons. The molecule has 0 aliphatic carbocycles. The van der Waals surface area contributed by atoms with Crippen LogP contribution in [0.25, 0.3) is 10.2 Å². The summed E-state index contributed by atoms with van der Waals surface area (Å²) in [5, 5.41) is 4.36. The number of hydrogen-bond donors (Lipinski definition) is 1. The van der Waals surface area contributed by atoms with Crippen LogP contribution in [0.5, 0.6) is 0 Å². The first-order valence-electron chi connectivity index (χ1n) is 5.63. The average Bonchev–Trinajstić information content (AvgIpc) is 2.95. The van der Waals surface area contributed by atoms with Gasteiger partial charge in [0, 0.05) is 13.2 Å². The minimum atomic E-state index is 0.368. The molecule has 0 spiro atoms. The Kier molecular flexibility index (Phi) is 2.76. The normalized spacial score (nSPS) is 20.4. The van der Waals surface area contributed by atoms with Gasteiger partial charge < -0.3 is 10.1 Å². The lowest BCUT2D eigenvalue weighted by Crippen LogP contribution is -2.18. The molecule has 1 saturated heterocycles. The molecule has 3 nitrogen and oxygen atoms in total. The summed E-state index contributed by atoms with van der Waals surface area (Å²) in [4.78, 5) is 4.53. The van der Waals surface area contributed by atoms with Crippen molar-refractivity contribution in [3.63, 3.8) is 0 Å². The Balaban J connectivity index is 1.69. The lowest BCUT2D eigenvalue weighted by atomic mass is 10.2. The van der Waals surface area contributed by atoms with Crippen molar-refractivity contribution in [1.82, 2.24) is 4.98 Å². The van der Waals surface area contributed by atoms with Crippen LogP contribution in [0.4, 0.5) is 5.13 Å². The molecule has 1 aromatic carbocycles. The number of para-hydroxylation sites is 1. The third-order valence-electron chi connectivity index (χ3n) is 2.80. The van der Waals surface area contributed by atoms with Gasteiger partial charge in [-0.2, -0.15) is 0 Å². The maximum absolute atomic E-state index is 5.56. The van der Waals surface area contributed by atoms with Gasteiger partial charge in [0.1, 0.15) is 0 Å². The van der Waals surface area contributed by atoms with Crippen LogP contribution in [-0.4, -0.2) is 24.2 Å². The van der Waals surface area contributed by atoms with Crippen LogP contribution in [0, 0.1) is 0 Å². The van der Waals surface area contributed by atoms with Crippen molar-refractivity contribution in [2.45, 2.75) is 18.9 Å². The Morgan fingerprint density at radius 2 is 2.38 bits per heavy atom. The molecule has 1 aliphatic heterocycles. The molecule has 0 amide bonds. The van der Waals surface area contributed by atoms with Crippen LogP contribution >= 0.6 is 11.3 Å². The fraction of sp³-hybridized carbons (Fsp3) is 0.417. The molecule has 0 bridgehead atoms. The van der Waals surface area contributed by atoms with Crippen LogP contribution in [0.3, 0.4) is 0 Å². The maximum Gasteiger partial charge on any atom is 0.183 e. The van der Waals surface area contributed by atoms with Gasteiger partial charge in [-0.3, -0.25) is 0 Å². The van der Waals surface area contributed by atoms with E-state index in [0.29, 0.717) is 6.10 Å². The van der Waals surface area contributed by atoms with E-state index in [9.17, 15) is 0 Å². The van der Waals surface area contributed by atoms with E-state index in [1.165, 1.54) is 11.1 Å². The molecule has 1 aliphatic rings. The fourth-order valence-corrected chi connectivity index (χ4v) is 2.83. The highest BCUT2D eigenvalue weighted by molar-refractivity contribution is 7.22. The van der Waals surface area contributed by atoms with Crippen LogP contribution in [-0.2, 0) is 4.74 Å². The van der Waals surface area contributed by atoms with Gasteiger partial charge in [0.05, 0.1) is 16.3 Å². The number of fused-ring (bicyclic) bond motifs is 1. The van der Waals surface area contributed by atoms with E-state index in [0.717, 1.165) is 30.2 Å². The number of thiazole rings is 1. The first kappa shape index (κ1) is 10.1. The largest absolute Gasteiger partial charge is 0.376 e. The topological polar surface area (TPSA) is 34.1 Å². The van der Waals surface area contributed by atoms with Crippen LogP contribution in [0.1, 0.15) is 12.8 Å². The van der Waals surface area contributed by atoms with Gasteiger partial charge >= 0.3 is 0 Å². The molecule has 2 heterocycles. The van der Waals surface area contributed by atoms with E-state index in [2.05, 4.69) is 16.4 Å². The Bertz CT molecular complexity index is 444. The van der Waals surface area contributed by atoms with E-state index < -0.39 is 0 Å². The number of ether oxygens (including phenoxy) is 1. The average molecular weight is 234 g/mol. The molecule has 1 atom stereocenters. The molecule has 4 heteroatoms. The zero-order valence-electron chi connectivity index (χ0n) is 8.98. The standard InChI is InChI=1S/C12H14N2OS/c1-2-6-11-10(5-1)14-12(16-11)13-8-9-4-3-7-15-9/h1-2,5-6,9H,3-4,7-8H2,(H,13,14)/t9-/m0/s1. The van der Waals surface area contributed by atoms with Crippen molar-refractivity contribution < 1.29 is 4.74 Å². The molecular weight excluding hydrogens is 220 g/mol. The van der Waals surface area contributed by atoms with Crippen molar-refractivity contribution in [3.8, 4) is 0 Å². The van der Waals surface area contributed by atoms with Gasteiger partial charge in [0.15, 0.2) is 5.13 Å². The summed E-state index contributed by atoms with van der Waals surface area (Å²) in [6, 6.07) is 8.21. The van der Waals surface area contributed by atoms with Gasteiger partial charge in [-0.05, 0) is 25.0 Å². The van der Waals surface area contributed by atoms with E-state index >= 15 is 0 Å². The zero-order chi connectivity index (χ0) is 10.8. The number of rotatable bonds is 3. The predicted molar refractivity (Wildman–Crippen MR) is 67.1 cm³/mol.